The first-order valence-electron chi connectivity index (χ1n) is 9.01. The molecule has 0 bridgehead atoms. The number of thioether (sulfide) groups is 1. The monoisotopic (exact) mass is 408 g/mol. The van der Waals surface area contributed by atoms with Gasteiger partial charge in [0.2, 0.25) is 0 Å². The molecule has 0 fully saturated rings. The smallest absolute Gasteiger partial charge is 0.263 e. The molecule has 0 amide bonds. The second-order valence-electron chi connectivity index (χ2n) is 6.45. The van der Waals surface area contributed by atoms with Crippen LogP contribution >= 0.6 is 23.1 Å². The van der Waals surface area contributed by atoms with E-state index in [9.17, 15) is 4.79 Å². The number of fused-ring (bicyclic) bond motifs is 1. The van der Waals surface area contributed by atoms with Crippen molar-refractivity contribution in [3.63, 3.8) is 0 Å². The van der Waals surface area contributed by atoms with Gasteiger partial charge >= 0.3 is 0 Å². The molecule has 0 unspecified atom stereocenters. The van der Waals surface area contributed by atoms with E-state index in [0.717, 1.165) is 37.7 Å². The number of hydrogen-bond acceptors (Lipinski definition) is 5. The number of rotatable bonds is 6. The molecule has 28 heavy (non-hydrogen) atoms. The van der Waals surface area contributed by atoms with E-state index in [1.54, 1.807) is 33.9 Å². The highest BCUT2D eigenvalue weighted by atomic mass is 32.2. The highest BCUT2D eigenvalue weighted by molar-refractivity contribution is 7.99. The van der Waals surface area contributed by atoms with Crippen molar-refractivity contribution >= 4 is 39.4 Å². The molecule has 0 spiro atoms. The molecular weight excluding hydrogens is 388 g/mol. The summed E-state index contributed by atoms with van der Waals surface area (Å²) >= 11 is 3.14. The predicted octanol–water partition coefficient (Wildman–Crippen LogP) is 5.52. The Balaban J connectivity index is 1.67. The SMILES string of the molecule is Cc1sc2nc(SC/C=C/c3ccccc3)n(Cc3ccco3)c(=O)c2c1C. The standard InChI is InChI=1S/C22H20N2O2S2/c1-15-16(2)28-20-19(15)21(25)24(14-18-11-6-12-26-18)22(23-20)27-13-7-10-17-8-4-3-5-9-17/h3-12H,13-14H2,1-2H3/b10-7+. The number of benzene rings is 1. The lowest BCUT2D eigenvalue weighted by molar-refractivity contribution is 0.477. The summed E-state index contributed by atoms with van der Waals surface area (Å²) in [5, 5.41) is 1.44. The van der Waals surface area contributed by atoms with Gasteiger partial charge in [-0.2, -0.15) is 0 Å². The highest BCUT2D eigenvalue weighted by Crippen LogP contribution is 2.28. The largest absolute Gasteiger partial charge is 0.467 e. The van der Waals surface area contributed by atoms with Gasteiger partial charge in [-0.3, -0.25) is 9.36 Å². The number of nitrogens with zero attached hydrogens (tertiary/aromatic N) is 2. The zero-order chi connectivity index (χ0) is 19.5. The minimum atomic E-state index is -0.00205. The number of furan rings is 1. The molecule has 3 heterocycles. The van der Waals surface area contributed by atoms with Crippen LogP contribution in [0, 0.1) is 13.8 Å². The molecule has 0 saturated heterocycles. The fraction of sp³-hybridized carbons (Fsp3) is 0.182. The molecule has 0 saturated carbocycles. The Kier molecular flexibility index (Phi) is 5.50. The Bertz CT molecular complexity index is 1170. The van der Waals surface area contributed by atoms with Gasteiger partial charge in [-0.15, -0.1) is 11.3 Å². The Morgan fingerprint density at radius 3 is 2.75 bits per heavy atom. The molecule has 0 aliphatic carbocycles. The molecule has 6 heteroatoms. The van der Waals surface area contributed by atoms with E-state index in [4.69, 9.17) is 9.40 Å². The van der Waals surface area contributed by atoms with E-state index < -0.39 is 0 Å². The molecule has 4 nitrogen and oxygen atoms in total. The molecule has 4 rings (SSSR count). The average Bonchev–Trinajstić information content (AvgIpc) is 3.31. The summed E-state index contributed by atoms with van der Waals surface area (Å²) in [6.07, 6.45) is 5.81. The van der Waals surface area contributed by atoms with Crippen molar-refractivity contribution < 1.29 is 4.42 Å². The zero-order valence-electron chi connectivity index (χ0n) is 15.7. The summed E-state index contributed by atoms with van der Waals surface area (Å²) in [4.78, 5) is 20.0. The Labute approximate surface area is 171 Å². The van der Waals surface area contributed by atoms with Gasteiger partial charge in [0.1, 0.15) is 10.6 Å². The third-order valence-electron chi connectivity index (χ3n) is 4.57. The van der Waals surface area contributed by atoms with Gasteiger partial charge in [-0.05, 0) is 37.1 Å². The number of hydrogen-bond donors (Lipinski definition) is 0. The first-order valence-corrected chi connectivity index (χ1v) is 10.8. The van der Waals surface area contributed by atoms with Crippen LogP contribution in [-0.2, 0) is 6.54 Å². The van der Waals surface area contributed by atoms with Crippen molar-refractivity contribution in [3.8, 4) is 0 Å². The van der Waals surface area contributed by atoms with E-state index in [2.05, 4.69) is 24.3 Å². The molecule has 0 radical (unpaired) electrons. The average molecular weight is 409 g/mol. The van der Waals surface area contributed by atoms with Gasteiger partial charge in [0.05, 0.1) is 18.2 Å². The fourth-order valence-electron chi connectivity index (χ4n) is 2.99. The minimum Gasteiger partial charge on any atom is -0.467 e. The molecule has 4 aromatic rings. The summed E-state index contributed by atoms with van der Waals surface area (Å²) in [6.45, 7) is 4.41. The van der Waals surface area contributed by atoms with Gasteiger partial charge < -0.3 is 4.42 Å². The first-order chi connectivity index (χ1) is 13.6. The maximum absolute atomic E-state index is 13.2. The maximum Gasteiger partial charge on any atom is 0.263 e. The summed E-state index contributed by atoms with van der Waals surface area (Å²) < 4.78 is 7.19. The molecule has 0 atom stereocenters. The van der Waals surface area contributed by atoms with E-state index >= 15 is 0 Å². The molecule has 142 valence electrons. The lowest BCUT2D eigenvalue weighted by Crippen LogP contribution is -2.23. The van der Waals surface area contributed by atoms with E-state index in [-0.39, 0.29) is 5.56 Å². The summed E-state index contributed by atoms with van der Waals surface area (Å²) in [6, 6.07) is 13.9. The van der Waals surface area contributed by atoms with Gasteiger partial charge in [0, 0.05) is 10.6 Å². The summed E-state index contributed by atoms with van der Waals surface area (Å²) in [5.74, 6) is 1.48. The second-order valence-corrected chi connectivity index (χ2v) is 8.64. The van der Waals surface area contributed by atoms with Crippen LogP contribution in [-0.4, -0.2) is 15.3 Å². The first kappa shape index (κ1) is 18.8. The quantitative estimate of drug-likeness (QED) is 0.311. The Hall–Kier alpha value is -2.57. The third-order valence-corrected chi connectivity index (χ3v) is 6.60. The Morgan fingerprint density at radius 1 is 1.18 bits per heavy atom. The van der Waals surface area contributed by atoms with Crippen LogP contribution in [0.1, 0.15) is 21.8 Å². The number of thiophene rings is 1. The van der Waals surface area contributed by atoms with Crippen molar-refractivity contribution in [2.75, 3.05) is 5.75 Å². The van der Waals surface area contributed by atoms with Crippen molar-refractivity contribution in [1.29, 1.82) is 0 Å². The molecule has 0 aliphatic rings. The fourth-order valence-corrected chi connectivity index (χ4v) is 4.87. The third kappa shape index (κ3) is 3.84. The minimum absolute atomic E-state index is 0.00205. The number of aromatic nitrogens is 2. The highest BCUT2D eigenvalue weighted by Gasteiger charge is 2.17. The predicted molar refractivity (Wildman–Crippen MR) is 117 cm³/mol. The van der Waals surface area contributed by atoms with E-state index in [1.165, 1.54) is 0 Å². The van der Waals surface area contributed by atoms with Crippen molar-refractivity contribution in [3.05, 3.63) is 86.9 Å². The molecule has 0 N–H and O–H groups in total. The Morgan fingerprint density at radius 2 is 2.00 bits per heavy atom. The van der Waals surface area contributed by atoms with Crippen molar-refractivity contribution in [2.24, 2.45) is 0 Å². The van der Waals surface area contributed by atoms with Crippen LogP contribution in [0.5, 0.6) is 0 Å². The van der Waals surface area contributed by atoms with Crippen LogP contribution in [0.4, 0.5) is 0 Å². The summed E-state index contributed by atoms with van der Waals surface area (Å²) in [7, 11) is 0. The van der Waals surface area contributed by atoms with Crippen LogP contribution in [0.25, 0.3) is 16.3 Å². The van der Waals surface area contributed by atoms with Gasteiger partial charge in [-0.25, -0.2) is 4.98 Å². The van der Waals surface area contributed by atoms with Crippen molar-refractivity contribution in [2.45, 2.75) is 25.5 Å². The maximum atomic E-state index is 13.2. The molecular formula is C22H20N2O2S2. The lowest BCUT2D eigenvalue weighted by atomic mass is 10.2. The van der Waals surface area contributed by atoms with Crippen LogP contribution in [0.3, 0.4) is 0 Å². The molecule has 0 aliphatic heterocycles. The van der Waals surface area contributed by atoms with Crippen LogP contribution < -0.4 is 5.56 Å². The zero-order valence-corrected chi connectivity index (χ0v) is 17.3. The molecule has 3 aromatic heterocycles. The van der Waals surface area contributed by atoms with Gasteiger partial charge in [0.15, 0.2) is 5.16 Å². The van der Waals surface area contributed by atoms with E-state index in [0.29, 0.717) is 11.7 Å². The number of aryl methyl sites for hydroxylation is 2. The topological polar surface area (TPSA) is 48.0 Å². The second kappa shape index (κ2) is 8.20. The van der Waals surface area contributed by atoms with Gasteiger partial charge in [-0.1, -0.05) is 54.2 Å². The molecule has 1 aromatic carbocycles. The lowest BCUT2D eigenvalue weighted by Gasteiger charge is -2.10. The normalized spacial score (nSPS) is 11.6. The van der Waals surface area contributed by atoms with E-state index in [1.807, 2.05) is 44.2 Å². The van der Waals surface area contributed by atoms with Crippen LogP contribution in [0.2, 0.25) is 0 Å². The van der Waals surface area contributed by atoms with Gasteiger partial charge in [0.25, 0.3) is 5.56 Å². The summed E-state index contributed by atoms with van der Waals surface area (Å²) in [5.41, 5.74) is 2.17. The van der Waals surface area contributed by atoms with Crippen molar-refractivity contribution in [1.82, 2.24) is 9.55 Å². The van der Waals surface area contributed by atoms with Crippen LogP contribution in [0.15, 0.2) is 69.2 Å².